The van der Waals surface area contributed by atoms with Crippen LogP contribution in [0, 0.1) is 13.8 Å². The molecule has 0 spiro atoms. The zero-order chi connectivity index (χ0) is 26.3. The summed E-state index contributed by atoms with van der Waals surface area (Å²) in [5, 5.41) is 3.08. The second-order valence-corrected chi connectivity index (χ2v) is 11.9. The van der Waals surface area contributed by atoms with Gasteiger partial charge < -0.3 is 19.7 Å². The lowest BCUT2D eigenvalue weighted by Crippen LogP contribution is -2.51. The lowest BCUT2D eigenvalue weighted by Gasteiger charge is -2.41. The molecule has 202 valence electrons. The maximum Gasteiger partial charge on any atom is 0.246 e. The van der Waals surface area contributed by atoms with Crippen LogP contribution in [0.25, 0.3) is 0 Å². The Hall–Kier alpha value is -1.98. The fourth-order valence-corrected chi connectivity index (χ4v) is 6.72. The molecule has 2 fully saturated rings. The van der Waals surface area contributed by atoms with Gasteiger partial charge in [-0.3, -0.25) is 9.69 Å². The summed E-state index contributed by atoms with van der Waals surface area (Å²) in [6, 6.07) is 4.16. The molecule has 2 aliphatic rings. The van der Waals surface area contributed by atoms with Crippen LogP contribution < -0.4 is 10.1 Å². The average molecular weight is 523 g/mol. The summed E-state index contributed by atoms with van der Waals surface area (Å²) in [7, 11) is -0.0195. The van der Waals surface area contributed by atoms with E-state index < -0.39 is 10.0 Å². The van der Waals surface area contributed by atoms with Crippen molar-refractivity contribution in [3.05, 3.63) is 36.1 Å². The highest BCUT2D eigenvalue weighted by molar-refractivity contribution is 7.89. The van der Waals surface area contributed by atoms with Gasteiger partial charge in [-0.15, -0.1) is 0 Å². The molecule has 1 saturated heterocycles. The van der Waals surface area contributed by atoms with E-state index in [4.69, 9.17) is 9.47 Å². The SMILES string of the molecule is C=COc1cc(C)c(S(=O)(=O)N(C)CCOCC(=O)NC2CCC(N3CCN(C)CC3)CC2)c(C)c1. The van der Waals surface area contributed by atoms with Gasteiger partial charge >= 0.3 is 0 Å². The number of sulfonamides is 1. The number of carbonyl (C=O) groups is 1. The quantitative estimate of drug-likeness (QED) is 0.352. The first-order valence-electron chi connectivity index (χ1n) is 12.8. The van der Waals surface area contributed by atoms with Crippen molar-refractivity contribution in [2.45, 2.75) is 56.5 Å². The Bertz CT molecular complexity index is 977. The van der Waals surface area contributed by atoms with Crippen LogP contribution in [-0.2, 0) is 19.6 Å². The molecule has 0 atom stereocenters. The second kappa shape index (κ2) is 13.0. The number of piperazine rings is 1. The van der Waals surface area contributed by atoms with Crippen molar-refractivity contribution in [2.75, 3.05) is 60.0 Å². The van der Waals surface area contributed by atoms with E-state index in [0.717, 1.165) is 51.9 Å². The van der Waals surface area contributed by atoms with Crippen LogP contribution in [0.15, 0.2) is 29.9 Å². The molecule has 10 heteroatoms. The Labute approximate surface area is 216 Å². The first-order chi connectivity index (χ1) is 17.1. The molecule has 1 heterocycles. The molecule has 1 saturated carbocycles. The average Bonchev–Trinajstić information content (AvgIpc) is 2.82. The summed E-state index contributed by atoms with van der Waals surface area (Å²) in [4.78, 5) is 17.6. The molecule has 1 aromatic carbocycles. The maximum absolute atomic E-state index is 13.1. The standard InChI is InChI=1S/C26H42N4O5S/c1-6-35-24-17-20(2)26(21(3)18-24)36(32,33)29(5)15-16-34-19-25(31)27-22-7-9-23(10-8-22)30-13-11-28(4)12-14-30/h6,17-18,22-23H,1,7-16,19H2,2-5H3,(H,27,31). The van der Waals surface area contributed by atoms with Crippen LogP contribution in [0.1, 0.15) is 36.8 Å². The van der Waals surface area contributed by atoms with Gasteiger partial charge in [-0.25, -0.2) is 8.42 Å². The first kappa shape index (κ1) is 28.6. The minimum absolute atomic E-state index is 0.0715. The molecule has 1 amide bonds. The zero-order valence-corrected chi connectivity index (χ0v) is 23.0. The van der Waals surface area contributed by atoms with E-state index in [-0.39, 0.29) is 36.6 Å². The van der Waals surface area contributed by atoms with E-state index in [1.165, 1.54) is 17.6 Å². The molecule has 1 aromatic rings. The van der Waals surface area contributed by atoms with Gasteiger partial charge in [0.1, 0.15) is 12.4 Å². The van der Waals surface area contributed by atoms with Crippen molar-refractivity contribution in [1.29, 1.82) is 0 Å². The smallest absolute Gasteiger partial charge is 0.246 e. The van der Waals surface area contributed by atoms with Gasteiger partial charge in [0.25, 0.3) is 0 Å². The van der Waals surface area contributed by atoms with Crippen molar-refractivity contribution in [2.24, 2.45) is 0 Å². The van der Waals surface area contributed by atoms with Gasteiger partial charge in [-0.1, -0.05) is 6.58 Å². The van der Waals surface area contributed by atoms with Crippen molar-refractivity contribution in [1.82, 2.24) is 19.4 Å². The summed E-state index contributed by atoms with van der Waals surface area (Å²) >= 11 is 0. The van der Waals surface area contributed by atoms with Crippen molar-refractivity contribution in [3.8, 4) is 5.75 Å². The molecular weight excluding hydrogens is 480 g/mol. The zero-order valence-electron chi connectivity index (χ0n) is 22.2. The normalized spacial score (nSPS) is 21.9. The fraction of sp³-hybridized carbons (Fsp3) is 0.654. The summed E-state index contributed by atoms with van der Waals surface area (Å²) in [6.07, 6.45) is 5.50. The molecule has 0 aromatic heterocycles. The number of amides is 1. The topological polar surface area (TPSA) is 91.4 Å². The Kier molecular flexibility index (Phi) is 10.3. The third kappa shape index (κ3) is 7.52. The van der Waals surface area contributed by atoms with Crippen LogP contribution in [-0.4, -0.2) is 101 Å². The number of likely N-dealkylation sites (N-methyl/N-ethyl adjacent to an activating group) is 2. The van der Waals surface area contributed by atoms with E-state index in [9.17, 15) is 13.2 Å². The van der Waals surface area contributed by atoms with Crippen LogP contribution >= 0.6 is 0 Å². The molecule has 36 heavy (non-hydrogen) atoms. The van der Waals surface area contributed by atoms with Crippen LogP contribution in [0.5, 0.6) is 5.75 Å². The van der Waals surface area contributed by atoms with Crippen LogP contribution in [0.4, 0.5) is 0 Å². The van der Waals surface area contributed by atoms with E-state index in [0.29, 0.717) is 22.9 Å². The lowest BCUT2D eigenvalue weighted by atomic mass is 9.90. The summed E-state index contributed by atoms with van der Waals surface area (Å²) in [5.41, 5.74) is 1.20. The lowest BCUT2D eigenvalue weighted by molar-refractivity contribution is -0.126. The molecule has 3 rings (SSSR count). The Balaban J connectivity index is 1.38. The van der Waals surface area contributed by atoms with E-state index >= 15 is 0 Å². The van der Waals surface area contributed by atoms with Gasteiger partial charge in [0.2, 0.25) is 15.9 Å². The van der Waals surface area contributed by atoms with Crippen molar-refractivity contribution < 1.29 is 22.7 Å². The van der Waals surface area contributed by atoms with Crippen molar-refractivity contribution >= 4 is 15.9 Å². The Morgan fingerprint density at radius 2 is 1.75 bits per heavy atom. The number of nitrogens with one attached hydrogen (secondary N) is 1. The number of hydrogen-bond acceptors (Lipinski definition) is 7. The monoisotopic (exact) mass is 522 g/mol. The van der Waals surface area contributed by atoms with Gasteiger partial charge in [0.15, 0.2) is 0 Å². The number of aryl methyl sites for hydroxylation is 2. The molecular formula is C26H42N4O5S. The molecule has 9 nitrogen and oxygen atoms in total. The summed E-state index contributed by atoms with van der Waals surface area (Å²) in [6.45, 7) is 11.7. The van der Waals surface area contributed by atoms with Crippen molar-refractivity contribution in [3.63, 3.8) is 0 Å². The number of nitrogens with zero attached hydrogens (tertiary/aromatic N) is 3. The first-order valence-corrected chi connectivity index (χ1v) is 14.2. The number of rotatable bonds is 11. The van der Waals surface area contributed by atoms with Crippen LogP contribution in [0.2, 0.25) is 0 Å². The van der Waals surface area contributed by atoms with E-state index in [1.807, 2.05) is 0 Å². The molecule has 0 radical (unpaired) electrons. The highest BCUT2D eigenvalue weighted by atomic mass is 32.2. The minimum Gasteiger partial charge on any atom is -0.466 e. The fourth-order valence-electron chi connectivity index (χ4n) is 5.16. The predicted molar refractivity (Wildman–Crippen MR) is 141 cm³/mol. The van der Waals surface area contributed by atoms with E-state index in [2.05, 4.69) is 28.7 Å². The predicted octanol–water partition coefficient (Wildman–Crippen LogP) is 2.14. The number of hydrogen-bond donors (Lipinski definition) is 1. The summed E-state index contributed by atoms with van der Waals surface area (Å²) < 4.78 is 38.3. The number of ether oxygens (including phenoxy) is 2. The number of carbonyl (C=O) groups excluding carboxylic acids is 1. The van der Waals surface area contributed by atoms with E-state index in [1.54, 1.807) is 26.0 Å². The molecule has 0 bridgehead atoms. The third-order valence-electron chi connectivity index (χ3n) is 7.22. The molecule has 0 unspecified atom stereocenters. The molecule has 1 aliphatic carbocycles. The highest BCUT2D eigenvalue weighted by Crippen LogP contribution is 2.28. The van der Waals surface area contributed by atoms with Gasteiger partial charge in [-0.2, -0.15) is 4.31 Å². The van der Waals surface area contributed by atoms with Gasteiger partial charge in [-0.05, 0) is 69.8 Å². The molecule has 1 N–H and O–H groups in total. The minimum atomic E-state index is -3.71. The van der Waals surface area contributed by atoms with Gasteiger partial charge in [0, 0.05) is 51.9 Å². The number of benzene rings is 1. The van der Waals surface area contributed by atoms with Gasteiger partial charge in [0.05, 0.1) is 17.8 Å². The summed E-state index contributed by atoms with van der Waals surface area (Å²) in [5.74, 6) is 0.400. The highest BCUT2D eigenvalue weighted by Gasteiger charge is 2.28. The maximum atomic E-state index is 13.1. The third-order valence-corrected chi connectivity index (χ3v) is 9.38. The largest absolute Gasteiger partial charge is 0.466 e. The molecule has 1 aliphatic heterocycles. The van der Waals surface area contributed by atoms with Crippen LogP contribution in [0.3, 0.4) is 0 Å². The second-order valence-electron chi connectivity index (χ2n) is 9.96. The Morgan fingerprint density at radius 3 is 2.33 bits per heavy atom. The Morgan fingerprint density at radius 1 is 1.14 bits per heavy atom.